The van der Waals surface area contributed by atoms with Crippen molar-refractivity contribution in [1.82, 2.24) is 14.7 Å². The summed E-state index contributed by atoms with van der Waals surface area (Å²) in [4.78, 5) is 39.9. The molecule has 2 heterocycles. The number of anilines is 1. The maximum atomic E-state index is 12.1. The fourth-order valence-electron chi connectivity index (χ4n) is 2.82. The second kappa shape index (κ2) is 8.13. The molecule has 0 fully saturated rings. The number of nitro benzene ring substituents is 1. The van der Waals surface area contributed by atoms with Crippen LogP contribution < -0.4 is 10.6 Å². The Kier molecular flexibility index (Phi) is 5.22. The number of benzene rings is 2. The molecular weight excluding hydrogens is 406 g/mol. The van der Waals surface area contributed by atoms with Crippen molar-refractivity contribution in [3.63, 3.8) is 0 Å². The van der Waals surface area contributed by atoms with E-state index in [1.807, 2.05) is 34.3 Å². The number of hydrogen-bond donors (Lipinski definition) is 2. The summed E-state index contributed by atoms with van der Waals surface area (Å²) in [5.74, 6) is -0.979. The zero-order chi connectivity index (χ0) is 21.1. The standard InChI is InChI=1S/C20H15N5O4S/c26-18(11-21-19(27)14-2-1-3-16(10-14)25(28)29)22-15-6-4-13(5-7-15)17-12-24-8-9-30-20(24)23-17/h1-10,12H,11H2,(H,21,27)(H,22,26). The van der Waals surface area contributed by atoms with Crippen molar-refractivity contribution in [2.45, 2.75) is 0 Å². The van der Waals surface area contributed by atoms with Gasteiger partial charge in [-0.3, -0.25) is 24.1 Å². The Hall–Kier alpha value is -4.05. The summed E-state index contributed by atoms with van der Waals surface area (Å²) in [5.41, 5.74) is 2.26. The molecule has 30 heavy (non-hydrogen) atoms. The van der Waals surface area contributed by atoms with Gasteiger partial charge in [0, 0.05) is 46.7 Å². The van der Waals surface area contributed by atoms with Crippen LogP contribution in [-0.2, 0) is 4.79 Å². The van der Waals surface area contributed by atoms with Crippen LogP contribution in [0.1, 0.15) is 10.4 Å². The number of hydrogen-bond acceptors (Lipinski definition) is 6. The van der Waals surface area contributed by atoms with Gasteiger partial charge >= 0.3 is 0 Å². The lowest BCUT2D eigenvalue weighted by molar-refractivity contribution is -0.384. The molecular formula is C20H15N5O4S. The van der Waals surface area contributed by atoms with Gasteiger partial charge in [-0.25, -0.2) is 4.98 Å². The van der Waals surface area contributed by atoms with Crippen molar-refractivity contribution in [1.29, 1.82) is 0 Å². The van der Waals surface area contributed by atoms with Crippen LogP contribution >= 0.6 is 11.3 Å². The third kappa shape index (κ3) is 4.18. The number of carbonyl (C=O) groups excluding carboxylic acids is 2. The maximum Gasteiger partial charge on any atom is 0.270 e. The van der Waals surface area contributed by atoms with Crippen LogP contribution in [0, 0.1) is 10.1 Å². The zero-order valence-electron chi connectivity index (χ0n) is 15.4. The maximum absolute atomic E-state index is 12.1. The fourth-order valence-corrected chi connectivity index (χ4v) is 3.52. The zero-order valence-corrected chi connectivity index (χ0v) is 16.3. The molecule has 4 aromatic rings. The number of nitro groups is 1. The van der Waals surface area contributed by atoms with E-state index in [1.165, 1.54) is 18.2 Å². The van der Waals surface area contributed by atoms with Crippen molar-refractivity contribution in [3.05, 3.63) is 82.0 Å². The van der Waals surface area contributed by atoms with E-state index in [-0.39, 0.29) is 17.8 Å². The minimum atomic E-state index is -0.583. The molecule has 2 amide bonds. The molecule has 0 atom stereocenters. The normalized spacial score (nSPS) is 10.7. The number of nitrogens with one attached hydrogen (secondary N) is 2. The van der Waals surface area contributed by atoms with Gasteiger partial charge in [0.15, 0.2) is 4.96 Å². The van der Waals surface area contributed by atoms with Gasteiger partial charge in [0.1, 0.15) is 0 Å². The molecule has 0 radical (unpaired) electrons. The number of fused-ring (bicyclic) bond motifs is 1. The lowest BCUT2D eigenvalue weighted by Crippen LogP contribution is -2.32. The monoisotopic (exact) mass is 421 g/mol. The molecule has 0 aliphatic carbocycles. The van der Waals surface area contributed by atoms with E-state index in [0.29, 0.717) is 5.69 Å². The molecule has 0 unspecified atom stereocenters. The van der Waals surface area contributed by atoms with E-state index >= 15 is 0 Å². The number of imidazole rings is 1. The molecule has 0 spiro atoms. The highest BCUT2D eigenvalue weighted by molar-refractivity contribution is 7.15. The fraction of sp³-hybridized carbons (Fsp3) is 0.0500. The van der Waals surface area contributed by atoms with Crippen molar-refractivity contribution < 1.29 is 14.5 Å². The van der Waals surface area contributed by atoms with Crippen LogP contribution in [0.15, 0.2) is 66.3 Å². The van der Waals surface area contributed by atoms with Crippen LogP contribution in [0.25, 0.3) is 16.2 Å². The smallest absolute Gasteiger partial charge is 0.270 e. The van der Waals surface area contributed by atoms with E-state index in [9.17, 15) is 19.7 Å². The molecule has 2 aromatic heterocycles. The third-order valence-electron chi connectivity index (χ3n) is 4.29. The van der Waals surface area contributed by atoms with Crippen LogP contribution in [0.4, 0.5) is 11.4 Å². The van der Waals surface area contributed by atoms with Gasteiger partial charge in [0.2, 0.25) is 5.91 Å². The van der Waals surface area contributed by atoms with Crippen molar-refractivity contribution in [2.75, 3.05) is 11.9 Å². The average Bonchev–Trinajstić information content (AvgIpc) is 3.35. The molecule has 0 aliphatic heterocycles. The number of thiazole rings is 1. The molecule has 0 saturated heterocycles. The largest absolute Gasteiger partial charge is 0.343 e. The van der Waals surface area contributed by atoms with E-state index in [2.05, 4.69) is 15.6 Å². The summed E-state index contributed by atoms with van der Waals surface area (Å²) in [6, 6.07) is 12.5. The van der Waals surface area contributed by atoms with Gasteiger partial charge in [0.25, 0.3) is 11.6 Å². The average molecular weight is 421 g/mol. The van der Waals surface area contributed by atoms with Crippen LogP contribution in [0.3, 0.4) is 0 Å². The topological polar surface area (TPSA) is 119 Å². The molecule has 9 nitrogen and oxygen atoms in total. The Labute approximate surface area is 174 Å². The molecule has 2 N–H and O–H groups in total. The highest BCUT2D eigenvalue weighted by Crippen LogP contribution is 2.23. The minimum absolute atomic E-state index is 0.112. The summed E-state index contributed by atoms with van der Waals surface area (Å²) in [6.45, 7) is -0.263. The van der Waals surface area contributed by atoms with Gasteiger partial charge in [-0.05, 0) is 18.2 Å². The second-order valence-corrected chi connectivity index (χ2v) is 7.21. The van der Waals surface area contributed by atoms with Gasteiger partial charge in [-0.2, -0.15) is 0 Å². The van der Waals surface area contributed by atoms with E-state index in [4.69, 9.17) is 0 Å². The summed E-state index contributed by atoms with van der Waals surface area (Å²) in [7, 11) is 0. The number of nitrogens with zero attached hydrogens (tertiary/aromatic N) is 3. The van der Waals surface area contributed by atoms with E-state index in [1.54, 1.807) is 23.5 Å². The summed E-state index contributed by atoms with van der Waals surface area (Å²) >= 11 is 1.55. The lowest BCUT2D eigenvalue weighted by Gasteiger charge is -2.07. The van der Waals surface area contributed by atoms with E-state index in [0.717, 1.165) is 22.3 Å². The number of rotatable bonds is 6. The predicted octanol–water partition coefficient (Wildman–Crippen LogP) is 3.34. The van der Waals surface area contributed by atoms with Gasteiger partial charge < -0.3 is 10.6 Å². The number of non-ortho nitro benzene ring substituents is 1. The first-order valence-corrected chi connectivity index (χ1v) is 9.73. The van der Waals surface area contributed by atoms with Gasteiger partial charge in [-0.15, -0.1) is 11.3 Å². The second-order valence-electron chi connectivity index (χ2n) is 6.33. The number of aromatic nitrogens is 2. The number of amides is 2. The quantitative estimate of drug-likeness (QED) is 0.366. The van der Waals surface area contributed by atoms with Crippen molar-refractivity contribution in [3.8, 4) is 11.3 Å². The molecule has 0 aliphatic rings. The van der Waals surface area contributed by atoms with Gasteiger partial charge in [-0.1, -0.05) is 18.2 Å². The van der Waals surface area contributed by atoms with Crippen LogP contribution in [0.2, 0.25) is 0 Å². The molecule has 0 bridgehead atoms. The Morgan fingerprint density at radius 2 is 1.97 bits per heavy atom. The Balaban J connectivity index is 1.33. The first kappa shape index (κ1) is 19.3. The first-order chi connectivity index (χ1) is 14.5. The summed E-state index contributed by atoms with van der Waals surface area (Å²) in [6.07, 6.45) is 3.87. The summed E-state index contributed by atoms with van der Waals surface area (Å²) < 4.78 is 1.94. The van der Waals surface area contributed by atoms with Crippen LogP contribution in [-0.4, -0.2) is 32.7 Å². The van der Waals surface area contributed by atoms with Crippen molar-refractivity contribution in [2.24, 2.45) is 0 Å². The Morgan fingerprint density at radius 1 is 1.17 bits per heavy atom. The molecule has 2 aromatic carbocycles. The highest BCUT2D eigenvalue weighted by atomic mass is 32.1. The minimum Gasteiger partial charge on any atom is -0.343 e. The number of carbonyl (C=O) groups is 2. The highest BCUT2D eigenvalue weighted by Gasteiger charge is 2.13. The molecule has 10 heteroatoms. The van der Waals surface area contributed by atoms with Crippen LogP contribution in [0.5, 0.6) is 0 Å². The summed E-state index contributed by atoms with van der Waals surface area (Å²) in [5, 5.41) is 17.9. The van der Waals surface area contributed by atoms with Gasteiger partial charge in [0.05, 0.1) is 17.2 Å². The van der Waals surface area contributed by atoms with Crippen molar-refractivity contribution >= 4 is 39.5 Å². The molecule has 150 valence electrons. The molecule has 0 saturated carbocycles. The third-order valence-corrected chi connectivity index (χ3v) is 5.06. The SMILES string of the molecule is O=C(CNC(=O)c1cccc([N+](=O)[O-])c1)Nc1ccc(-c2cn3ccsc3n2)cc1. The van der Waals surface area contributed by atoms with E-state index < -0.39 is 16.7 Å². The Morgan fingerprint density at radius 3 is 2.70 bits per heavy atom. The molecule has 4 rings (SSSR count). The first-order valence-electron chi connectivity index (χ1n) is 8.85. The predicted molar refractivity (Wildman–Crippen MR) is 113 cm³/mol. The Bertz CT molecular complexity index is 1220. The lowest BCUT2D eigenvalue weighted by atomic mass is 10.1.